The van der Waals surface area contributed by atoms with E-state index in [1.807, 2.05) is 30.5 Å². The molecule has 3 N–H and O–H groups in total. The number of halogens is 1. The first-order valence-corrected chi connectivity index (χ1v) is 11.1. The molecule has 1 saturated heterocycles. The third-order valence-corrected chi connectivity index (χ3v) is 6.02. The average Bonchev–Trinajstić information content (AvgIpc) is 3.21. The van der Waals surface area contributed by atoms with Crippen molar-refractivity contribution >= 4 is 28.6 Å². The number of aromatic nitrogens is 1. The Balaban J connectivity index is 1.37. The molecule has 0 spiro atoms. The molecular formula is C25H27FN4O3. The first-order chi connectivity index (χ1) is 15.9. The van der Waals surface area contributed by atoms with Gasteiger partial charge < -0.3 is 20.5 Å². The highest BCUT2D eigenvalue weighted by atomic mass is 19.1. The minimum atomic E-state index is -0.660. The van der Waals surface area contributed by atoms with Gasteiger partial charge in [0.15, 0.2) is 0 Å². The monoisotopic (exact) mass is 450 g/mol. The van der Waals surface area contributed by atoms with Gasteiger partial charge in [0, 0.05) is 55.1 Å². The number of carbonyl (C=O) groups excluding carboxylic acids is 3. The molecule has 0 aliphatic carbocycles. The van der Waals surface area contributed by atoms with E-state index in [0.29, 0.717) is 37.9 Å². The SMILES string of the molecule is CC(=O)N[C@H](Cc1c[nH]c2ccccc12)C(=O)N1CCC(NC(=O)c2ccc(F)cc2)CC1. The molecule has 0 unspecified atom stereocenters. The van der Waals surface area contributed by atoms with E-state index in [0.717, 1.165) is 16.5 Å². The largest absolute Gasteiger partial charge is 0.361 e. The van der Waals surface area contributed by atoms with E-state index in [1.165, 1.54) is 31.2 Å². The summed E-state index contributed by atoms with van der Waals surface area (Å²) in [5.74, 6) is -1.02. The molecule has 4 rings (SSSR count). The van der Waals surface area contributed by atoms with Crippen molar-refractivity contribution in [3.8, 4) is 0 Å². The van der Waals surface area contributed by atoms with Crippen molar-refractivity contribution in [3.63, 3.8) is 0 Å². The Kier molecular flexibility index (Phi) is 6.72. The van der Waals surface area contributed by atoms with Crippen molar-refractivity contribution in [2.75, 3.05) is 13.1 Å². The molecule has 1 fully saturated rings. The van der Waals surface area contributed by atoms with Crippen LogP contribution < -0.4 is 10.6 Å². The van der Waals surface area contributed by atoms with Gasteiger partial charge in [-0.25, -0.2) is 4.39 Å². The van der Waals surface area contributed by atoms with Gasteiger partial charge in [-0.2, -0.15) is 0 Å². The minimum absolute atomic E-state index is 0.0700. The first-order valence-electron chi connectivity index (χ1n) is 11.1. The number of hydrogen-bond acceptors (Lipinski definition) is 3. The van der Waals surface area contributed by atoms with Gasteiger partial charge in [-0.1, -0.05) is 18.2 Å². The maximum Gasteiger partial charge on any atom is 0.251 e. The number of nitrogens with zero attached hydrogens (tertiary/aromatic N) is 1. The second-order valence-electron chi connectivity index (χ2n) is 8.40. The van der Waals surface area contributed by atoms with E-state index in [-0.39, 0.29) is 29.6 Å². The van der Waals surface area contributed by atoms with E-state index in [1.54, 1.807) is 4.90 Å². The molecular weight excluding hydrogens is 423 g/mol. The average molecular weight is 451 g/mol. The second kappa shape index (κ2) is 9.85. The third kappa shape index (κ3) is 5.39. The van der Waals surface area contributed by atoms with Gasteiger partial charge in [0.25, 0.3) is 5.91 Å². The van der Waals surface area contributed by atoms with E-state index in [2.05, 4.69) is 15.6 Å². The van der Waals surface area contributed by atoms with Gasteiger partial charge in [0.05, 0.1) is 0 Å². The summed E-state index contributed by atoms with van der Waals surface area (Å²) >= 11 is 0. The normalized spacial score (nSPS) is 15.3. The lowest BCUT2D eigenvalue weighted by molar-refractivity contribution is -0.137. The Labute approximate surface area is 191 Å². The van der Waals surface area contributed by atoms with Gasteiger partial charge >= 0.3 is 0 Å². The van der Waals surface area contributed by atoms with Crippen LogP contribution >= 0.6 is 0 Å². The van der Waals surface area contributed by atoms with E-state index >= 15 is 0 Å². The van der Waals surface area contributed by atoms with Crippen LogP contribution in [0.5, 0.6) is 0 Å². The Morgan fingerprint density at radius 2 is 1.79 bits per heavy atom. The highest BCUT2D eigenvalue weighted by Gasteiger charge is 2.30. The number of fused-ring (bicyclic) bond motifs is 1. The molecule has 1 aromatic heterocycles. The van der Waals surface area contributed by atoms with Gasteiger partial charge in [-0.15, -0.1) is 0 Å². The number of rotatable bonds is 6. The highest BCUT2D eigenvalue weighted by Crippen LogP contribution is 2.20. The van der Waals surface area contributed by atoms with Gasteiger partial charge in [0.2, 0.25) is 11.8 Å². The summed E-state index contributed by atoms with van der Waals surface area (Å²) in [6.45, 7) is 2.38. The van der Waals surface area contributed by atoms with Crippen molar-refractivity contribution in [3.05, 3.63) is 71.7 Å². The summed E-state index contributed by atoms with van der Waals surface area (Å²) in [6, 6.07) is 12.5. The Morgan fingerprint density at radius 3 is 2.48 bits per heavy atom. The van der Waals surface area contributed by atoms with Gasteiger partial charge in [-0.3, -0.25) is 14.4 Å². The maximum absolute atomic E-state index is 13.3. The van der Waals surface area contributed by atoms with Crippen molar-refractivity contribution in [2.45, 2.75) is 38.3 Å². The van der Waals surface area contributed by atoms with Crippen LogP contribution in [-0.2, 0) is 16.0 Å². The molecule has 3 amide bonds. The molecule has 0 bridgehead atoms. The minimum Gasteiger partial charge on any atom is -0.361 e. The number of para-hydroxylation sites is 1. The van der Waals surface area contributed by atoms with Gasteiger partial charge in [0.1, 0.15) is 11.9 Å². The summed E-state index contributed by atoms with van der Waals surface area (Å²) in [5, 5.41) is 6.79. The number of carbonyl (C=O) groups is 3. The summed E-state index contributed by atoms with van der Waals surface area (Å²) in [5.41, 5.74) is 2.36. The van der Waals surface area contributed by atoms with E-state index < -0.39 is 6.04 Å². The Hall–Kier alpha value is -3.68. The molecule has 7 nitrogen and oxygen atoms in total. The number of aromatic amines is 1. The maximum atomic E-state index is 13.3. The molecule has 3 aromatic rings. The summed E-state index contributed by atoms with van der Waals surface area (Å²) in [4.78, 5) is 42.4. The van der Waals surface area contributed by atoms with Crippen LogP contribution in [-0.4, -0.2) is 52.8 Å². The molecule has 1 atom stereocenters. The van der Waals surface area contributed by atoms with Crippen LogP contribution in [0, 0.1) is 5.82 Å². The molecule has 33 heavy (non-hydrogen) atoms. The van der Waals surface area contributed by atoms with Crippen LogP contribution in [0.3, 0.4) is 0 Å². The molecule has 8 heteroatoms. The second-order valence-corrected chi connectivity index (χ2v) is 8.40. The lowest BCUT2D eigenvalue weighted by Crippen LogP contribution is -2.53. The van der Waals surface area contributed by atoms with Crippen molar-refractivity contribution in [1.82, 2.24) is 20.5 Å². The summed E-state index contributed by atoms with van der Waals surface area (Å²) < 4.78 is 13.1. The Morgan fingerprint density at radius 1 is 1.09 bits per heavy atom. The zero-order valence-corrected chi connectivity index (χ0v) is 18.4. The summed E-state index contributed by atoms with van der Waals surface area (Å²) in [7, 11) is 0. The number of benzene rings is 2. The van der Waals surface area contributed by atoms with Gasteiger partial charge in [-0.05, 0) is 48.7 Å². The van der Waals surface area contributed by atoms with Crippen molar-refractivity contribution in [2.24, 2.45) is 0 Å². The summed E-state index contributed by atoms with van der Waals surface area (Å²) in [6.07, 6.45) is 3.49. The lowest BCUT2D eigenvalue weighted by Gasteiger charge is -2.34. The Bertz CT molecular complexity index is 1150. The molecule has 0 saturated carbocycles. The number of nitrogens with one attached hydrogen (secondary N) is 3. The van der Waals surface area contributed by atoms with Crippen LogP contribution in [0.4, 0.5) is 4.39 Å². The molecule has 2 aromatic carbocycles. The van der Waals surface area contributed by atoms with Crippen LogP contribution in [0.25, 0.3) is 10.9 Å². The topological polar surface area (TPSA) is 94.3 Å². The molecule has 2 heterocycles. The molecule has 172 valence electrons. The number of amides is 3. The number of H-pyrrole nitrogens is 1. The predicted molar refractivity (Wildman–Crippen MR) is 123 cm³/mol. The quantitative estimate of drug-likeness (QED) is 0.539. The molecule has 1 aliphatic rings. The lowest BCUT2D eigenvalue weighted by atomic mass is 10.0. The first kappa shape index (κ1) is 22.5. The highest BCUT2D eigenvalue weighted by molar-refractivity contribution is 5.94. The van der Waals surface area contributed by atoms with E-state index in [9.17, 15) is 18.8 Å². The number of likely N-dealkylation sites (tertiary alicyclic amines) is 1. The van der Waals surface area contributed by atoms with Crippen molar-refractivity contribution in [1.29, 1.82) is 0 Å². The number of piperidine rings is 1. The fraction of sp³-hybridized carbons (Fsp3) is 0.320. The fourth-order valence-corrected chi connectivity index (χ4v) is 4.30. The standard InChI is InChI=1S/C25H27FN4O3/c1-16(31)28-23(14-18-15-27-22-5-3-2-4-21(18)22)25(33)30-12-10-20(11-13-30)29-24(32)17-6-8-19(26)9-7-17/h2-9,15,20,23,27H,10-14H2,1H3,(H,28,31)(H,29,32)/t23-/m1/s1. The van der Waals surface area contributed by atoms with Crippen LogP contribution in [0.2, 0.25) is 0 Å². The van der Waals surface area contributed by atoms with E-state index in [4.69, 9.17) is 0 Å². The predicted octanol–water partition coefficient (Wildman–Crippen LogP) is 2.78. The van der Waals surface area contributed by atoms with Crippen molar-refractivity contribution < 1.29 is 18.8 Å². The third-order valence-electron chi connectivity index (χ3n) is 6.02. The zero-order valence-electron chi connectivity index (χ0n) is 18.4. The molecule has 0 radical (unpaired) electrons. The molecule has 1 aliphatic heterocycles. The smallest absolute Gasteiger partial charge is 0.251 e. The van der Waals surface area contributed by atoms with Crippen LogP contribution in [0.1, 0.15) is 35.7 Å². The van der Waals surface area contributed by atoms with Crippen LogP contribution in [0.15, 0.2) is 54.7 Å². The fourth-order valence-electron chi connectivity index (χ4n) is 4.30. The number of hydrogen-bond donors (Lipinski definition) is 3. The zero-order chi connectivity index (χ0) is 23.4.